The predicted molar refractivity (Wildman–Crippen MR) is 125 cm³/mol. The molecule has 32 heavy (non-hydrogen) atoms. The van der Waals surface area contributed by atoms with Crippen LogP contribution in [0.25, 0.3) is 0 Å². The summed E-state index contributed by atoms with van der Waals surface area (Å²) in [6, 6.07) is 11.6. The van der Waals surface area contributed by atoms with Crippen LogP contribution in [0.3, 0.4) is 0 Å². The van der Waals surface area contributed by atoms with Crippen LogP contribution in [0, 0.1) is 6.92 Å². The molecule has 2 N–H and O–H groups in total. The monoisotopic (exact) mass is 497 g/mol. The molecule has 1 aliphatic heterocycles. The molecule has 0 aliphatic carbocycles. The Balaban J connectivity index is 1.75. The summed E-state index contributed by atoms with van der Waals surface area (Å²) in [6.07, 6.45) is 1.95. The van der Waals surface area contributed by atoms with E-state index in [9.17, 15) is 21.6 Å². The van der Waals surface area contributed by atoms with Crippen molar-refractivity contribution >= 4 is 38.6 Å². The first-order valence-electron chi connectivity index (χ1n) is 10.2. The van der Waals surface area contributed by atoms with Gasteiger partial charge in [-0.25, -0.2) is 16.8 Å². The summed E-state index contributed by atoms with van der Waals surface area (Å²) in [4.78, 5) is 14.9. The zero-order chi connectivity index (χ0) is 23.5. The highest BCUT2D eigenvalue weighted by Crippen LogP contribution is 2.29. The van der Waals surface area contributed by atoms with Gasteiger partial charge in [0.25, 0.3) is 15.9 Å². The summed E-state index contributed by atoms with van der Waals surface area (Å²) in [7, 11) is -7.96. The van der Waals surface area contributed by atoms with Gasteiger partial charge in [-0.15, -0.1) is 4.83 Å². The molecule has 0 aromatic heterocycles. The molecule has 0 spiro atoms. The Kier molecular flexibility index (Phi) is 7.66. The SMILES string of the molecule is CCCc1ccc(S(=O)(=O)N2C[C@H](S)C[C@H]2C(=O)NNS(=O)(=O)c2ccc(C)cc2)cc1. The Morgan fingerprint density at radius 1 is 1.03 bits per heavy atom. The van der Waals surface area contributed by atoms with Gasteiger partial charge in [0.2, 0.25) is 10.0 Å². The first-order valence-corrected chi connectivity index (χ1v) is 13.7. The van der Waals surface area contributed by atoms with E-state index in [-0.39, 0.29) is 28.0 Å². The summed E-state index contributed by atoms with van der Waals surface area (Å²) < 4.78 is 52.3. The van der Waals surface area contributed by atoms with Crippen molar-refractivity contribution in [1.82, 2.24) is 14.6 Å². The van der Waals surface area contributed by atoms with Crippen LogP contribution in [0.5, 0.6) is 0 Å². The molecule has 8 nitrogen and oxygen atoms in total. The van der Waals surface area contributed by atoms with Gasteiger partial charge in [0.15, 0.2) is 0 Å². The van der Waals surface area contributed by atoms with Gasteiger partial charge in [-0.05, 0) is 49.6 Å². The van der Waals surface area contributed by atoms with Crippen LogP contribution < -0.4 is 10.3 Å². The van der Waals surface area contributed by atoms with Gasteiger partial charge < -0.3 is 0 Å². The van der Waals surface area contributed by atoms with Crippen molar-refractivity contribution in [2.45, 2.75) is 54.2 Å². The highest BCUT2D eigenvalue weighted by molar-refractivity contribution is 7.89. The first-order chi connectivity index (χ1) is 15.0. The zero-order valence-electron chi connectivity index (χ0n) is 17.9. The normalized spacial score (nSPS) is 19.7. The van der Waals surface area contributed by atoms with Gasteiger partial charge in [0.1, 0.15) is 6.04 Å². The van der Waals surface area contributed by atoms with Gasteiger partial charge in [-0.2, -0.15) is 16.9 Å². The third-order valence-corrected chi connectivity index (χ3v) is 8.77. The Hall–Kier alpha value is -1.92. The van der Waals surface area contributed by atoms with Crippen molar-refractivity contribution in [3.8, 4) is 0 Å². The molecule has 2 atom stereocenters. The fourth-order valence-corrected chi connectivity index (χ4v) is 6.49. The summed E-state index contributed by atoms with van der Waals surface area (Å²) in [5.41, 5.74) is 4.08. The van der Waals surface area contributed by atoms with Crippen molar-refractivity contribution < 1.29 is 21.6 Å². The maximum atomic E-state index is 13.2. The standard InChI is InChI=1S/C21H27N3O5S3/c1-3-4-16-7-11-19(12-8-16)32(28,29)24-14-17(30)13-20(24)21(25)22-23-31(26,27)18-9-5-15(2)6-10-18/h5-12,17,20,23,30H,3-4,13-14H2,1-2H3,(H,22,25)/t17-,20+/m1/s1. The van der Waals surface area contributed by atoms with E-state index in [1.54, 1.807) is 24.3 Å². The molecule has 1 heterocycles. The number of amides is 1. The van der Waals surface area contributed by atoms with Crippen molar-refractivity contribution in [3.63, 3.8) is 0 Å². The third-order valence-electron chi connectivity index (χ3n) is 5.24. The third kappa shape index (κ3) is 5.52. The number of hydrogen-bond donors (Lipinski definition) is 3. The van der Waals surface area contributed by atoms with Crippen LogP contribution in [-0.4, -0.2) is 44.9 Å². The Morgan fingerprint density at radius 2 is 1.62 bits per heavy atom. The van der Waals surface area contributed by atoms with Gasteiger partial charge in [0.05, 0.1) is 9.79 Å². The molecule has 1 fully saturated rings. The van der Waals surface area contributed by atoms with Crippen LogP contribution in [0.1, 0.15) is 30.9 Å². The fraction of sp³-hybridized carbons (Fsp3) is 0.381. The number of nitrogens with one attached hydrogen (secondary N) is 2. The van der Waals surface area contributed by atoms with E-state index in [0.717, 1.165) is 28.3 Å². The molecule has 1 amide bonds. The zero-order valence-corrected chi connectivity index (χ0v) is 20.4. The predicted octanol–water partition coefficient (Wildman–Crippen LogP) is 2.02. The molecule has 0 unspecified atom stereocenters. The van der Waals surface area contributed by atoms with Crippen molar-refractivity contribution in [2.24, 2.45) is 0 Å². The molecule has 2 aromatic rings. The molecule has 11 heteroatoms. The number of hydrazine groups is 1. The number of thiol groups is 1. The van der Waals surface area contributed by atoms with Gasteiger partial charge in [0, 0.05) is 11.8 Å². The van der Waals surface area contributed by atoms with Crippen LogP contribution >= 0.6 is 12.6 Å². The minimum absolute atomic E-state index is 0.0152. The lowest BCUT2D eigenvalue weighted by molar-refractivity contribution is -0.124. The van der Waals surface area contributed by atoms with Crippen molar-refractivity contribution in [3.05, 3.63) is 59.7 Å². The molecule has 0 saturated carbocycles. The van der Waals surface area contributed by atoms with E-state index in [2.05, 4.69) is 18.1 Å². The molecular weight excluding hydrogens is 470 g/mol. The minimum Gasteiger partial charge on any atom is -0.276 e. The van der Waals surface area contributed by atoms with E-state index in [0.29, 0.717) is 0 Å². The van der Waals surface area contributed by atoms with Crippen LogP contribution in [0.15, 0.2) is 58.3 Å². The summed E-state index contributed by atoms with van der Waals surface area (Å²) in [5, 5.41) is -0.353. The molecule has 3 rings (SSSR count). The molecule has 1 aliphatic rings. The van der Waals surface area contributed by atoms with E-state index in [1.165, 1.54) is 24.3 Å². The second kappa shape index (κ2) is 9.92. The molecular formula is C21H27N3O5S3. The first kappa shape index (κ1) is 24.7. The number of nitrogens with zero attached hydrogens (tertiary/aromatic N) is 1. The molecule has 174 valence electrons. The van der Waals surface area contributed by atoms with E-state index in [1.807, 2.05) is 18.7 Å². The molecule has 0 bridgehead atoms. The fourth-order valence-electron chi connectivity index (χ4n) is 3.52. The summed E-state index contributed by atoms with van der Waals surface area (Å²) in [6.45, 7) is 3.91. The minimum atomic E-state index is -4.00. The van der Waals surface area contributed by atoms with E-state index < -0.39 is 32.0 Å². The van der Waals surface area contributed by atoms with Gasteiger partial charge >= 0.3 is 0 Å². The number of rotatable bonds is 8. The second-order valence-electron chi connectivity index (χ2n) is 7.78. The topological polar surface area (TPSA) is 113 Å². The summed E-state index contributed by atoms with van der Waals surface area (Å²) in [5.74, 6) is -0.761. The van der Waals surface area contributed by atoms with Crippen LogP contribution in [0.4, 0.5) is 0 Å². The molecule has 1 saturated heterocycles. The van der Waals surface area contributed by atoms with Gasteiger partial charge in [-0.3, -0.25) is 10.2 Å². The molecule has 0 radical (unpaired) electrons. The Bertz CT molecular complexity index is 1160. The maximum Gasteiger partial charge on any atom is 0.257 e. The largest absolute Gasteiger partial charge is 0.276 e. The highest BCUT2D eigenvalue weighted by Gasteiger charge is 2.43. The van der Waals surface area contributed by atoms with Crippen molar-refractivity contribution in [1.29, 1.82) is 0 Å². The number of carbonyl (C=O) groups excluding carboxylic acids is 1. The smallest absolute Gasteiger partial charge is 0.257 e. The van der Waals surface area contributed by atoms with Gasteiger partial charge in [-0.1, -0.05) is 43.2 Å². The Labute approximate surface area is 194 Å². The number of benzene rings is 2. The second-order valence-corrected chi connectivity index (χ2v) is 12.1. The lowest BCUT2D eigenvalue weighted by Gasteiger charge is -2.23. The number of hydrogen-bond acceptors (Lipinski definition) is 6. The highest BCUT2D eigenvalue weighted by atomic mass is 32.2. The van der Waals surface area contributed by atoms with Crippen LogP contribution in [-0.2, 0) is 31.3 Å². The summed E-state index contributed by atoms with van der Waals surface area (Å²) >= 11 is 4.36. The van der Waals surface area contributed by atoms with Crippen LogP contribution in [0.2, 0.25) is 0 Å². The Morgan fingerprint density at radius 3 is 2.22 bits per heavy atom. The van der Waals surface area contributed by atoms with E-state index >= 15 is 0 Å². The lowest BCUT2D eigenvalue weighted by atomic mass is 10.1. The average molecular weight is 498 g/mol. The number of carbonyl (C=O) groups is 1. The lowest BCUT2D eigenvalue weighted by Crippen LogP contribution is -2.51. The molecule has 2 aromatic carbocycles. The maximum absolute atomic E-state index is 13.2. The van der Waals surface area contributed by atoms with E-state index in [4.69, 9.17) is 0 Å². The quantitative estimate of drug-likeness (QED) is 0.382. The van der Waals surface area contributed by atoms with Crippen molar-refractivity contribution in [2.75, 3.05) is 6.54 Å². The number of aryl methyl sites for hydroxylation is 2. The number of sulfonamides is 2. The average Bonchev–Trinajstić information content (AvgIpc) is 3.16.